The van der Waals surface area contributed by atoms with Gasteiger partial charge in [0.1, 0.15) is 5.70 Å². The number of hydrogen-bond donors (Lipinski definition) is 1. The summed E-state index contributed by atoms with van der Waals surface area (Å²) in [6, 6.07) is 8.89. The number of benzene rings is 1. The fourth-order valence-electron chi connectivity index (χ4n) is 6.77. The third-order valence-corrected chi connectivity index (χ3v) is 8.64. The minimum absolute atomic E-state index is 0.0430. The number of unbranched alkanes of at least 4 members (excludes halogenated alkanes) is 6. The van der Waals surface area contributed by atoms with E-state index in [1.807, 2.05) is 0 Å². The van der Waals surface area contributed by atoms with Crippen LogP contribution in [0, 0.1) is 5.41 Å². The van der Waals surface area contributed by atoms with E-state index in [9.17, 15) is 9.59 Å². The molecule has 37 heavy (non-hydrogen) atoms. The van der Waals surface area contributed by atoms with Crippen molar-refractivity contribution in [2.24, 2.45) is 5.41 Å². The standard InChI is InChI=1S/C21H24N2O2.C10H20O2/c1-3-21-10-6-11-22-12-9-15-14-7-4-5-8-16(14)23(18(15)19(21)22)17(13-21)20(24)25-2;1-2-3-4-5-6-7-8-9-10(11)12/h4-5,7-8,13,19H,3,6,9-12H2,1-2H3;2-9H2,1H3,(H,11,12)/t19-,21+;/m1./s1. The van der Waals surface area contributed by atoms with E-state index in [1.165, 1.54) is 62.3 Å². The van der Waals surface area contributed by atoms with Crippen LogP contribution in [0.3, 0.4) is 0 Å². The highest BCUT2D eigenvalue weighted by Crippen LogP contribution is 2.57. The average Bonchev–Trinajstić information content (AvgIpc) is 3.26. The van der Waals surface area contributed by atoms with E-state index >= 15 is 0 Å². The SMILES string of the molecule is CCCCCCCCCC(=O)O.CC[C@@]12C=C(C(=O)OC)n3c4c(c5ccccc53)CCN(CCC1)[C@H]42. The fourth-order valence-corrected chi connectivity index (χ4v) is 6.77. The van der Waals surface area contributed by atoms with E-state index in [-0.39, 0.29) is 11.4 Å². The second kappa shape index (κ2) is 12.3. The van der Waals surface area contributed by atoms with Crippen LogP contribution in [0.4, 0.5) is 0 Å². The predicted molar refractivity (Wildman–Crippen MR) is 148 cm³/mol. The zero-order chi connectivity index (χ0) is 26.4. The molecule has 2 atom stereocenters. The molecule has 0 saturated carbocycles. The first kappa shape index (κ1) is 27.4. The number of aliphatic carboxylic acids is 1. The monoisotopic (exact) mass is 508 g/mol. The summed E-state index contributed by atoms with van der Waals surface area (Å²) >= 11 is 0. The maximum Gasteiger partial charge on any atom is 0.354 e. The quantitative estimate of drug-likeness (QED) is 0.277. The Morgan fingerprint density at radius 1 is 1.05 bits per heavy atom. The van der Waals surface area contributed by atoms with E-state index in [4.69, 9.17) is 9.84 Å². The molecule has 0 spiro atoms. The van der Waals surface area contributed by atoms with Gasteiger partial charge in [-0.15, -0.1) is 0 Å². The Morgan fingerprint density at radius 2 is 1.78 bits per heavy atom. The Morgan fingerprint density at radius 3 is 2.49 bits per heavy atom. The van der Waals surface area contributed by atoms with Crippen LogP contribution in [0.25, 0.3) is 16.6 Å². The Balaban J connectivity index is 0.000000229. The number of rotatable bonds is 10. The molecule has 0 amide bonds. The van der Waals surface area contributed by atoms with Crippen molar-refractivity contribution in [1.82, 2.24) is 9.47 Å². The smallest absolute Gasteiger partial charge is 0.354 e. The number of carbonyl (C=O) groups excluding carboxylic acids is 1. The molecule has 6 nitrogen and oxygen atoms in total. The summed E-state index contributed by atoms with van der Waals surface area (Å²) in [6.07, 6.45) is 15.3. The number of carbonyl (C=O) groups is 2. The van der Waals surface area contributed by atoms with Gasteiger partial charge in [-0.1, -0.05) is 70.6 Å². The van der Waals surface area contributed by atoms with Gasteiger partial charge in [0, 0.05) is 29.5 Å². The number of aromatic nitrogens is 1. The first-order valence-corrected chi connectivity index (χ1v) is 14.4. The molecule has 0 bridgehead atoms. The summed E-state index contributed by atoms with van der Waals surface area (Å²) in [6.45, 7) is 6.75. The summed E-state index contributed by atoms with van der Waals surface area (Å²) in [5, 5.41) is 9.65. The third-order valence-electron chi connectivity index (χ3n) is 8.64. The van der Waals surface area contributed by atoms with Crippen molar-refractivity contribution < 1.29 is 19.4 Å². The summed E-state index contributed by atoms with van der Waals surface area (Å²) in [5.74, 6) is -0.888. The van der Waals surface area contributed by atoms with E-state index in [2.05, 4.69) is 53.7 Å². The lowest BCUT2D eigenvalue weighted by atomic mass is 9.66. The molecule has 1 aromatic carbocycles. The van der Waals surface area contributed by atoms with E-state index in [0.717, 1.165) is 50.7 Å². The molecule has 3 aliphatic heterocycles. The highest BCUT2D eigenvalue weighted by Gasteiger charge is 2.51. The van der Waals surface area contributed by atoms with Gasteiger partial charge < -0.3 is 14.4 Å². The van der Waals surface area contributed by atoms with Gasteiger partial charge in [-0.25, -0.2) is 4.79 Å². The highest BCUT2D eigenvalue weighted by atomic mass is 16.5. The van der Waals surface area contributed by atoms with Gasteiger partial charge in [-0.05, 0) is 56.4 Å². The number of hydrogen-bond acceptors (Lipinski definition) is 4. The predicted octanol–water partition coefficient (Wildman–Crippen LogP) is 6.97. The van der Waals surface area contributed by atoms with Gasteiger partial charge in [-0.3, -0.25) is 9.69 Å². The Hall–Kier alpha value is -2.60. The van der Waals surface area contributed by atoms with Crippen LogP contribution in [0.1, 0.15) is 102 Å². The molecule has 0 unspecified atom stereocenters. The number of para-hydroxylation sites is 1. The topological polar surface area (TPSA) is 71.8 Å². The summed E-state index contributed by atoms with van der Waals surface area (Å²) in [7, 11) is 1.49. The van der Waals surface area contributed by atoms with Crippen LogP contribution in [0.15, 0.2) is 30.3 Å². The Bertz CT molecular complexity index is 1130. The largest absolute Gasteiger partial charge is 0.481 e. The lowest BCUT2D eigenvalue weighted by molar-refractivity contribution is -0.137. The second-order valence-corrected chi connectivity index (χ2v) is 10.9. The number of ether oxygens (including phenoxy) is 1. The van der Waals surface area contributed by atoms with Gasteiger partial charge in [0.15, 0.2) is 0 Å². The van der Waals surface area contributed by atoms with E-state index in [1.54, 1.807) is 0 Å². The van der Waals surface area contributed by atoms with Crippen molar-refractivity contribution in [3.63, 3.8) is 0 Å². The lowest BCUT2D eigenvalue weighted by Gasteiger charge is -2.53. The van der Waals surface area contributed by atoms with Crippen molar-refractivity contribution in [3.8, 4) is 0 Å². The molecule has 6 heteroatoms. The molecule has 2 aromatic rings. The zero-order valence-corrected chi connectivity index (χ0v) is 22.9. The summed E-state index contributed by atoms with van der Waals surface area (Å²) in [5.41, 5.74) is 4.67. The zero-order valence-electron chi connectivity index (χ0n) is 22.9. The molecule has 0 radical (unpaired) electrons. The second-order valence-electron chi connectivity index (χ2n) is 10.9. The van der Waals surface area contributed by atoms with Crippen molar-refractivity contribution in [1.29, 1.82) is 0 Å². The molecule has 3 aliphatic rings. The van der Waals surface area contributed by atoms with Gasteiger partial charge >= 0.3 is 11.9 Å². The number of piperidine rings is 1. The van der Waals surface area contributed by atoms with E-state index < -0.39 is 5.97 Å². The molecule has 1 N–H and O–H groups in total. The van der Waals surface area contributed by atoms with Crippen LogP contribution in [-0.2, 0) is 20.7 Å². The fraction of sp³-hybridized carbons (Fsp3) is 0.613. The minimum atomic E-state index is -0.663. The highest BCUT2D eigenvalue weighted by molar-refractivity contribution is 6.13. The van der Waals surface area contributed by atoms with Gasteiger partial charge in [0.2, 0.25) is 0 Å². The molecule has 1 aromatic heterocycles. The Kier molecular flexibility index (Phi) is 9.12. The molecule has 202 valence electrons. The summed E-state index contributed by atoms with van der Waals surface area (Å²) in [4.78, 5) is 25.5. The van der Waals surface area contributed by atoms with Crippen LogP contribution < -0.4 is 0 Å². The summed E-state index contributed by atoms with van der Waals surface area (Å²) < 4.78 is 7.38. The number of methoxy groups -OCH3 is 1. The number of carboxylic acids is 1. The van der Waals surface area contributed by atoms with Crippen molar-refractivity contribution >= 4 is 28.5 Å². The first-order valence-electron chi connectivity index (χ1n) is 14.4. The average molecular weight is 509 g/mol. The molecule has 0 aliphatic carbocycles. The number of fused-ring (bicyclic) bond motifs is 3. The number of esters is 1. The van der Waals surface area contributed by atoms with Crippen molar-refractivity contribution in [3.05, 3.63) is 41.6 Å². The molecular weight excluding hydrogens is 464 g/mol. The first-order chi connectivity index (χ1) is 18.0. The van der Waals surface area contributed by atoms with Crippen molar-refractivity contribution in [2.45, 2.75) is 96.9 Å². The molecule has 5 rings (SSSR count). The van der Waals surface area contributed by atoms with Crippen LogP contribution in [0.2, 0.25) is 0 Å². The van der Waals surface area contributed by atoms with E-state index in [0.29, 0.717) is 18.2 Å². The molecular formula is C31H44N2O4. The maximum absolute atomic E-state index is 12.7. The minimum Gasteiger partial charge on any atom is -0.481 e. The number of nitrogens with zero attached hydrogens (tertiary/aromatic N) is 2. The maximum atomic E-state index is 12.7. The van der Waals surface area contributed by atoms with Gasteiger partial charge in [0.25, 0.3) is 0 Å². The van der Waals surface area contributed by atoms with Gasteiger partial charge in [0.05, 0.1) is 18.7 Å². The van der Waals surface area contributed by atoms with Crippen LogP contribution in [-0.4, -0.2) is 46.7 Å². The Labute approximate surface area is 221 Å². The van der Waals surface area contributed by atoms with Crippen LogP contribution >= 0.6 is 0 Å². The molecule has 1 saturated heterocycles. The van der Waals surface area contributed by atoms with Crippen LogP contribution in [0.5, 0.6) is 0 Å². The van der Waals surface area contributed by atoms with Gasteiger partial charge in [-0.2, -0.15) is 0 Å². The molecule has 4 heterocycles. The third kappa shape index (κ3) is 5.50. The normalized spacial score (nSPS) is 22.0. The lowest BCUT2D eigenvalue weighted by Crippen LogP contribution is -2.51. The van der Waals surface area contributed by atoms with Crippen molar-refractivity contribution in [2.75, 3.05) is 20.2 Å². The number of carboxylic acid groups (broad SMARTS) is 1. The molecule has 1 fully saturated rings.